The maximum absolute atomic E-state index is 12.7. The van der Waals surface area contributed by atoms with Gasteiger partial charge in [-0.25, -0.2) is 0 Å². The monoisotopic (exact) mass is 563 g/mol. The van der Waals surface area contributed by atoms with E-state index in [0.717, 1.165) is 23.8 Å². The van der Waals surface area contributed by atoms with Crippen LogP contribution in [0.25, 0.3) is 0 Å². The second-order valence-corrected chi connectivity index (χ2v) is 8.19. The third-order valence-electron chi connectivity index (χ3n) is 5.85. The molecule has 1 amide bonds. The van der Waals surface area contributed by atoms with Crippen molar-refractivity contribution in [2.45, 2.75) is 6.92 Å². The summed E-state index contributed by atoms with van der Waals surface area (Å²) in [5.41, 5.74) is 1.12. The summed E-state index contributed by atoms with van der Waals surface area (Å²) < 4.78 is 4.89. The molecule has 0 spiro atoms. The number of nitrogens with zero attached hydrogens (tertiary/aromatic N) is 4. The van der Waals surface area contributed by atoms with E-state index in [1.54, 1.807) is 7.05 Å². The molecule has 8 nitrogen and oxygen atoms in total. The Kier molecular flexibility index (Phi) is 9.67. The Morgan fingerprint density at radius 1 is 1.13 bits per heavy atom. The molecule has 0 bridgehead atoms. The van der Waals surface area contributed by atoms with Crippen LogP contribution in [0.5, 0.6) is 0 Å². The minimum absolute atomic E-state index is 0. The van der Waals surface area contributed by atoms with Crippen LogP contribution in [0.3, 0.4) is 0 Å². The number of rotatable bonds is 4. The van der Waals surface area contributed by atoms with Gasteiger partial charge >= 0.3 is 5.97 Å². The molecule has 0 aliphatic carbocycles. The number of carbonyl (C=O) groups is 2. The van der Waals surface area contributed by atoms with Gasteiger partial charge in [-0.2, -0.15) is 0 Å². The molecule has 0 aromatic heterocycles. The van der Waals surface area contributed by atoms with Gasteiger partial charge in [-0.1, -0.05) is 18.5 Å². The highest BCUT2D eigenvalue weighted by Crippen LogP contribution is 2.24. The first-order chi connectivity index (χ1) is 14.4. The number of likely N-dealkylation sites (tertiary alicyclic amines) is 1. The Morgan fingerprint density at radius 3 is 2.35 bits per heavy atom. The molecule has 1 N–H and O–H groups in total. The molecule has 2 atom stereocenters. The van der Waals surface area contributed by atoms with Gasteiger partial charge in [0.1, 0.15) is 0 Å². The van der Waals surface area contributed by atoms with Crippen molar-refractivity contribution in [1.29, 1.82) is 0 Å². The highest BCUT2D eigenvalue weighted by Gasteiger charge is 2.37. The third kappa shape index (κ3) is 6.38. The number of hydrogen-bond donors (Lipinski definition) is 1. The highest BCUT2D eigenvalue weighted by atomic mass is 127. The maximum Gasteiger partial charge on any atom is 0.310 e. The number of nitrogens with one attached hydrogen (secondary N) is 1. The molecular weight excluding hydrogens is 533 g/mol. The first-order valence-corrected chi connectivity index (χ1v) is 10.6. The lowest BCUT2D eigenvalue weighted by Crippen LogP contribution is -2.52. The average molecular weight is 564 g/mol. The average Bonchev–Trinajstić information content (AvgIpc) is 3.15. The van der Waals surface area contributed by atoms with E-state index in [0.29, 0.717) is 32.1 Å². The van der Waals surface area contributed by atoms with Crippen molar-refractivity contribution >= 4 is 59.1 Å². The summed E-state index contributed by atoms with van der Waals surface area (Å²) in [5.74, 6) is 0.484. The molecule has 2 aliphatic heterocycles. The number of piperazine rings is 1. The Morgan fingerprint density at radius 2 is 1.77 bits per heavy atom. The Hall–Kier alpha value is -1.75. The van der Waals surface area contributed by atoms with Gasteiger partial charge in [0.15, 0.2) is 5.96 Å². The van der Waals surface area contributed by atoms with Crippen LogP contribution >= 0.6 is 35.6 Å². The van der Waals surface area contributed by atoms with Crippen molar-refractivity contribution in [2.24, 2.45) is 16.8 Å². The van der Waals surface area contributed by atoms with Crippen LogP contribution in [0.1, 0.15) is 6.92 Å². The second kappa shape index (κ2) is 11.8. The summed E-state index contributed by atoms with van der Waals surface area (Å²) in [6.45, 7) is 6.37. The van der Waals surface area contributed by atoms with Gasteiger partial charge < -0.3 is 24.8 Å². The number of methoxy groups -OCH3 is 1. The van der Waals surface area contributed by atoms with Crippen molar-refractivity contribution in [2.75, 3.05) is 64.9 Å². The summed E-state index contributed by atoms with van der Waals surface area (Å²) in [5, 5.41) is 3.88. The van der Waals surface area contributed by atoms with E-state index in [2.05, 4.69) is 15.2 Å². The Balaban J connectivity index is 0.00000341. The fourth-order valence-electron chi connectivity index (χ4n) is 4.06. The molecule has 2 saturated heterocycles. The number of benzene rings is 1. The zero-order chi connectivity index (χ0) is 21.7. The zero-order valence-corrected chi connectivity index (χ0v) is 21.3. The standard InChI is InChI=1S/C21H30ClN5O3.HI/c1-15-13-27(14-18(15)20(29)30-3)21(23-2)24-12-19(28)26-10-8-25(9-11-26)17-6-4-16(22)5-7-17;/h4-7,15,18H,8-14H2,1-3H3,(H,23,24);1H. The second-order valence-electron chi connectivity index (χ2n) is 7.76. The van der Waals surface area contributed by atoms with Crippen LogP contribution in [-0.2, 0) is 14.3 Å². The normalized spacial score (nSPS) is 21.5. The molecule has 1 aromatic rings. The van der Waals surface area contributed by atoms with Gasteiger partial charge in [0, 0.05) is 57.0 Å². The van der Waals surface area contributed by atoms with E-state index in [1.165, 1.54) is 7.11 Å². The van der Waals surface area contributed by atoms with E-state index in [-0.39, 0.29) is 54.2 Å². The third-order valence-corrected chi connectivity index (χ3v) is 6.10. The molecule has 2 fully saturated rings. The van der Waals surface area contributed by atoms with Crippen LogP contribution in [-0.4, -0.2) is 87.6 Å². The molecule has 3 rings (SSSR count). The lowest BCUT2D eigenvalue weighted by molar-refractivity contribution is -0.146. The first kappa shape index (κ1) is 25.5. The topological polar surface area (TPSA) is 77.5 Å². The maximum atomic E-state index is 12.7. The first-order valence-electron chi connectivity index (χ1n) is 10.2. The van der Waals surface area contributed by atoms with Crippen molar-refractivity contribution in [3.8, 4) is 0 Å². The number of hydrogen-bond acceptors (Lipinski definition) is 5. The van der Waals surface area contributed by atoms with Crippen LogP contribution < -0.4 is 10.2 Å². The van der Waals surface area contributed by atoms with Crippen molar-refractivity contribution in [3.05, 3.63) is 29.3 Å². The van der Waals surface area contributed by atoms with Gasteiger partial charge in [0.2, 0.25) is 5.91 Å². The molecule has 0 saturated carbocycles. The number of anilines is 1. The Labute approximate surface area is 206 Å². The Bertz CT molecular complexity index is 784. The highest BCUT2D eigenvalue weighted by molar-refractivity contribution is 14.0. The summed E-state index contributed by atoms with van der Waals surface area (Å²) in [6.07, 6.45) is 0. The van der Waals surface area contributed by atoms with Gasteiger partial charge in [-0.15, -0.1) is 24.0 Å². The van der Waals surface area contributed by atoms with E-state index >= 15 is 0 Å². The number of amides is 1. The van der Waals surface area contributed by atoms with E-state index in [9.17, 15) is 9.59 Å². The summed E-state index contributed by atoms with van der Waals surface area (Å²) in [4.78, 5) is 35.0. The number of carbonyl (C=O) groups excluding carboxylic acids is 2. The van der Waals surface area contributed by atoms with Gasteiger partial charge in [-0.05, 0) is 30.2 Å². The zero-order valence-electron chi connectivity index (χ0n) is 18.2. The molecule has 1 aromatic carbocycles. The van der Waals surface area contributed by atoms with Crippen LogP contribution in [0.15, 0.2) is 29.3 Å². The molecule has 0 radical (unpaired) electrons. The molecular formula is C21H31ClIN5O3. The lowest BCUT2D eigenvalue weighted by atomic mass is 9.99. The largest absolute Gasteiger partial charge is 0.469 e. The van der Waals surface area contributed by atoms with Gasteiger partial charge in [0.05, 0.1) is 19.6 Å². The lowest BCUT2D eigenvalue weighted by Gasteiger charge is -2.36. The molecule has 2 unspecified atom stereocenters. The number of ether oxygens (including phenoxy) is 1. The smallest absolute Gasteiger partial charge is 0.310 e. The molecule has 2 aliphatic rings. The summed E-state index contributed by atoms with van der Waals surface area (Å²) in [6, 6.07) is 7.77. The predicted molar refractivity (Wildman–Crippen MR) is 133 cm³/mol. The molecule has 31 heavy (non-hydrogen) atoms. The molecule has 2 heterocycles. The van der Waals surface area contributed by atoms with E-state index in [4.69, 9.17) is 16.3 Å². The molecule has 10 heteroatoms. The van der Waals surface area contributed by atoms with E-state index in [1.807, 2.05) is 41.0 Å². The minimum Gasteiger partial charge on any atom is -0.469 e. The van der Waals surface area contributed by atoms with E-state index < -0.39 is 0 Å². The number of guanidine groups is 1. The fourth-order valence-corrected chi connectivity index (χ4v) is 4.19. The number of halogens is 2. The van der Waals surface area contributed by atoms with Crippen molar-refractivity contribution < 1.29 is 14.3 Å². The van der Waals surface area contributed by atoms with Crippen LogP contribution in [0.4, 0.5) is 5.69 Å². The van der Waals surface area contributed by atoms with Gasteiger partial charge in [-0.3, -0.25) is 14.6 Å². The minimum atomic E-state index is -0.199. The van der Waals surface area contributed by atoms with Crippen LogP contribution in [0.2, 0.25) is 5.02 Å². The predicted octanol–water partition coefficient (Wildman–Crippen LogP) is 1.92. The summed E-state index contributed by atoms with van der Waals surface area (Å²) >= 11 is 5.96. The van der Waals surface area contributed by atoms with Gasteiger partial charge in [0.25, 0.3) is 0 Å². The van der Waals surface area contributed by atoms with Crippen molar-refractivity contribution in [3.63, 3.8) is 0 Å². The number of esters is 1. The van der Waals surface area contributed by atoms with Crippen molar-refractivity contribution in [1.82, 2.24) is 15.1 Å². The van der Waals surface area contributed by atoms with Crippen LogP contribution in [0, 0.1) is 11.8 Å². The fraction of sp³-hybridized carbons (Fsp3) is 0.571. The quantitative estimate of drug-likeness (QED) is 0.261. The summed E-state index contributed by atoms with van der Waals surface area (Å²) in [7, 11) is 3.10. The molecule has 172 valence electrons. The SMILES string of the molecule is CN=C(NCC(=O)N1CCN(c2ccc(Cl)cc2)CC1)N1CC(C)C(C(=O)OC)C1.I. The number of aliphatic imine (C=N–C) groups is 1.